The van der Waals surface area contributed by atoms with Gasteiger partial charge in [-0.25, -0.2) is 0 Å². The van der Waals surface area contributed by atoms with Crippen LogP contribution in [0.5, 0.6) is 0 Å². The second-order valence-electron chi connectivity index (χ2n) is 1.91. The van der Waals surface area contributed by atoms with E-state index >= 15 is 0 Å². The van der Waals surface area contributed by atoms with E-state index < -0.39 is 5.97 Å². The first kappa shape index (κ1) is 13.7. The smallest absolute Gasteiger partial charge is 0.304 e. The summed E-state index contributed by atoms with van der Waals surface area (Å²) in [6.45, 7) is 2.40. The molecule has 0 fully saturated rings. The lowest BCUT2D eigenvalue weighted by Gasteiger charge is -1.79. The molecule has 0 aromatic heterocycles. The molecule has 2 N–H and O–H groups in total. The van der Waals surface area contributed by atoms with E-state index in [-0.39, 0.29) is 6.42 Å². The Morgan fingerprint density at radius 3 is 2.09 bits per heavy atom. The number of hydrogen-bond acceptors (Lipinski definition) is 2. The fourth-order valence-electron chi connectivity index (χ4n) is 0.239. The van der Waals surface area contributed by atoms with Crippen molar-refractivity contribution in [1.82, 2.24) is 0 Å². The molecule has 0 unspecified atom stereocenters. The SMILES string of the molecule is CCCCO.O=C(O)CCI. The zero-order valence-corrected chi connectivity index (χ0v) is 8.87. The normalized spacial score (nSPS) is 8.27. The van der Waals surface area contributed by atoms with E-state index in [0.717, 1.165) is 12.8 Å². The molecule has 0 rings (SSSR count). The molecule has 0 aliphatic carbocycles. The van der Waals surface area contributed by atoms with E-state index in [1.54, 1.807) is 0 Å². The number of alkyl halides is 1. The fourth-order valence-corrected chi connectivity index (χ4v) is 0.700. The van der Waals surface area contributed by atoms with Gasteiger partial charge in [-0.3, -0.25) is 4.79 Å². The molecular weight excluding hydrogens is 259 g/mol. The Morgan fingerprint density at radius 2 is 2.09 bits per heavy atom. The lowest BCUT2D eigenvalue weighted by molar-refractivity contribution is -0.136. The van der Waals surface area contributed by atoms with Crippen LogP contribution in [0.15, 0.2) is 0 Å². The van der Waals surface area contributed by atoms with Gasteiger partial charge in [0.15, 0.2) is 0 Å². The van der Waals surface area contributed by atoms with E-state index in [4.69, 9.17) is 10.2 Å². The van der Waals surface area contributed by atoms with E-state index in [1.165, 1.54) is 0 Å². The lowest BCUT2D eigenvalue weighted by Crippen LogP contribution is -1.92. The summed E-state index contributed by atoms with van der Waals surface area (Å²) in [5.74, 6) is -0.718. The number of carboxylic acids is 1. The maximum absolute atomic E-state index is 9.59. The second kappa shape index (κ2) is 12.8. The largest absolute Gasteiger partial charge is 0.481 e. The standard InChI is InChI=1S/C4H10O.C3H5IO2/c1-2-3-4-5;4-2-1-3(5)6/h5H,2-4H2,1H3;1-2H2,(H,5,6). The first-order valence-electron chi connectivity index (χ1n) is 3.57. The molecule has 3 nitrogen and oxygen atoms in total. The van der Waals surface area contributed by atoms with Gasteiger partial charge in [0.1, 0.15) is 0 Å². The minimum Gasteiger partial charge on any atom is -0.481 e. The summed E-state index contributed by atoms with van der Waals surface area (Å²) in [4.78, 5) is 9.59. The molecule has 0 aliphatic rings. The number of carboxylic acid groups (broad SMARTS) is 1. The molecule has 68 valence electrons. The van der Waals surface area contributed by atoms with Gasteiger partial charge in [-0.15, -0.1) is 0 Å². The molecule has 11 heavy (non-hydrogen) atoms. The van der Waals surface area contributed by atoms with Gasteiger partial charge in [0, 0.05) is 11.0 Å². The van der Waals surface area contributed by atoms with Crippen molar-refractivity contribution in [1.29, 1.82) is 0 Å². The molecule has 4 heteroatoms. The van der Waals surface area contributed by atoms with Gasteiger partial charge in [0.05, 0.1) is 6.42 Å². The molecule has 0 heterocycles. The first-order valence-corrected chi connectivity index (χ1v) is 5.10. The fraction of sp³-hybridized carbons (Fsp3) is 0.857. The summed E-state index contributed by atoms with van der Waals surface area (Å²) < 4.78 is 0.701. The third kappa shape index (κ3) is 25.4. The van der Waals surface area contributed by atoms with Crippen LogP contribution in [0.3, 0.4) is 0 Å². The molecule has 0 aliphatic heterocycles. The van der Waals surface area contributed by atoms with Crippen molar-refractivity contribution in [3.63, 3.8) is 0 Å². The molecule has 0 spiro atoms. The van der Waals surface area contributed by atoms with Crippen LogP contribution in [0.2, 0.25) is 0 Å². The maximum Gasteiger partial charge on any atom is 0.304 e. The van der Waals surface area contributed by atoms with Crippen molar-refractivity contribution in [2.24, 2.45) is 0 Å². The summed E-state index contributed by atoms with van der Waals surface area (Å²) in [5, 5.41) is 16.0. The minimum atomic E-state index is -0.718. The predicted molar refractivity (Wildman–Crippen MR) is 53.1 cm³/mol. The van der Waals surface area contributed by atoms with Crippen molar-refractivity contribution in [2.75, 3.05) is 11.0 Å². The van der Waals surface area contributed by atoms with Crippen molar-refractivity contribution < 1.29 is 15.0 Å². The highest BCUT2D eigenvalue weighted by Crippen LogP contribution is 1.85. The highest BCUT2D eigenvalue weighted by atomic mass is 127. The highest BCUT2D eigenvalue weighted by molar-refractivity contribution is 14.1. The van der Waals surface area contributed by atoms with Crippen molar-refractivity contribution in [3.05, 3.63) is 0 Å². The molecular formula is C7H15IO3. The summed E-state index contributed by atoms with van der Waals surface area (Å²) >= 11 is 2.02. The topological polar surface area (TPSA) is 57.5 Å². The molecule has 0 radical (unpaired) electrons. The van der Waals surface area contributed by atoms with Crippen molar-refractivity contribution in [2.45, 2.75) is 26.2 Å². The van der Waals surface area contributed by atoms with Gasteiger partial charge in [0.25, 0.3) is 0 Å². The average Bonchev–Trinajstić information content (AvgIpc) is 1.90. The molecule has 0 aromatic carbocycles. The Morgan fingerprint density at radius 1 is 1.55 bits per heavy atom. The summed E-state index contributed by atoms with van der Waals surface area (Å²) in [7, 11) is 0. The molecule has 0 bridgehead atoms. The van der Waals surface area contributed by atoms with E-state index in [0.29, 0.717) is 11.0 Å². The van der Waals surface area contributed by atoms with Gasteiger partial charge in [-0.05, 0) is 6.42 Å². The average molecular weight is 274 g/mol. The molecule has 0 saturated carbocycles. The quantitative estimate of drug-likeness (QED) is 0.605. The van der Waals surface area contributed by atoms with E-state index in [2.05, 4.69) is 6.92 Å². The monoisotopic (exact) mass is 274 g/mol. The second-order valence-corrected chi connectivity index (χ2v) is 2.99. The van der Waals surface area contributed by atoms with Gasteiger partial charge >= 0.3 is 5.97 Å². The Balaban J connectivity index is 0. The van der Waals surface area contributed by atoms with Gasteiger partial charge < -0.3 is 10.2 Å². The van der Waals surface area contributed by atoms with Gasteiger partial charge in [-0.1, -0.05) is 35.9 Å². The van der Waals surface area contributed by atoms with Crippen LogP contribution in [-0.4, -0.2) is 27.2 Å². The van der Waals surface area contributed by atoms with E-state index in [9.17, 15) is 4.79 Å². The predicted octanol–water partition coefficient (Wildman–Crippen LogP) is 1.67. The Hall–Kier alpha value is 0.160. The number of carbonyl (C=O) groups is 1. The van der Waals surface area contributed by atoms with Gasteiger partial charge in [-0.2, -0.15) is 0 Å². The maximum atomic E-state index is 9.59. The zero-order chi connectivity index (χ0) is 9.11. The Kier molecular flexibility index (Phi) is 16.0. The number of halogens is 1. The Labute approximate surface area is 80.9 Å². The van der Waals surface area contributed by atoms with Crippen molar-refractivity contribution >= 4 is 28.6 Å². The minimum absolute atomic E-state index is 0.278. The number of unbranched alkanes of at least 4 members (excludes halogenated alkanes) is 1. The number of aliphatic carboxylic acids is 1. The third-order valence-corrected chi connectivity index (χ3v) is 1.36. The van der Waals surface area contributed by atoms with Crippen LogP contribution in [-0.2, 0) is 4.79 Å². The first-order chi connectivity index (χ1) is 5.18. The molecule has 0 saturated heterocycles. The van der Waals surface area contributed by atoms with Crippen LogP contribution in [0, 0.1) is 0 Å². The summed E-state index contributed by atoms with van der Waals surface area (Å²) in [6.07, 6.45) is 2.32. The highest BCUT2D eigenvalue weighted by Gasteiger charge is 1.88. The number of hydrogen-bond donors (Lipinski definition) is 2. The van der Waals surface area contributed by atoms with Crippen LogP contribution >= 0.6 is 22.6 Å². The lowest BCUT2D eigenvalue weighted by atomic mass is 10.4. The molecule has 0 aromatic rings. The van der Waals surface area contributed by atoms with Crippen molar-refractivity contribution in [3.8, 4) is 0 Å². The van der Waals surface area contributed by atoms with Crippen LogP contribution in [0.4, 0.5) is 0 Å². The van der Waals surface area contributed by atoms with Crippen LogP contribution in [0.1, 0.15) is 26.2 Å². The zero-order valence-electron chi connectivity index (χ0n) is 6.72. The van der Waals surface area contributed by atoms with Crippen LogP contribution in [0.25, 0.3) is 0 Å². The number of aliphatic hydroxyl groups excluding tert-OH is 1. The third-order valence-electron chi connectivity index (χ3n) is 0.820. The summed E-state index contributed by atoms with van der Waals surface area (Å²) in [6, 6.07) is 0. The molecule has 0 amide bonds. The van der Waals surface area contributed by atoms with Gasteiger partial charge in [0.2, 0.25) is 0 Å². The summed E-state index contributed by atoms with van der Waals surface area (Å²) in [5.41, 5.74) is 0. The van der Waals surface area contributed by atoms with Crippen LogP contribution < -0.4 is 0 Å². The number of rotatable bonds is 4. The number of aliphatic hydroxyl groups is 1. The Bertz CT molecular complexity index is 83.8. The molecule has 0 atom stereocenters. The van der Waals surface area contributed by atoms with E-state index in [1.807, 2.05) is 22.6 Å².